The number of carbonyl (C=O) groups is 1. The van der Waals surface area contributed by atoms with Crippen LogP contribution in [0.15, 0.2) is 59.4 Å². The van der Waals surface area contributed by atoms with Gasteiger partial charge in [0.05, 0.1) is 25.1 Å². The van der Waals surface area contributed by atoms with Crippen molar-refractivity contribution in [3.63, 3.8) is 0 Å². The molecule has 0 aliphatic rings. The molecule has 0 fully saturated rings. The van der Waals surface area contributed by atoms with Gasteiger partial charge in [-0.25, -0.2) is 9.59 Å². The second-order valence-corrected chi connectivity index (χ2v) is 5.25. The summed E-state index contributed by atoms with van der Waals surface area (Å²) in [5.41, 5.74) is 1.37. The van der Waals surface area contributed by atoms with Gasteiger partial charge in [0.1, 0.15) is 5.75 Å². The van der Waals surface area contributed by atoms with Crippen LogP contribution < -0.4 is 10.4 Å². The molecule has 0 unspecified atom stereocenters. The first-order chi connectivity index (χ1) is 12.2. The van der Waals surface area contributed by atoms with Gasteiger partial charge in [-0.1, -0.05) is 42.5 Å². The summed E-state index contributed by atoms with van der Waals surface area (Å²) in [6.07, 6.45) is 0. The van der Waals surface area contributed by atoms with E-state index in [0.717, 1.165) is 5.56 Å². The molecule has 3 rings (SSSR count). The Morgan fingerprint density at radius 1 is 1.08 bits per heavy atom. The molecule has 0 atom stereocenters. The molecular formula is C19H18N2O4. The molecule has 6 nitrogen and oxygen atoms in total. The Kier molecular flexibility index (Phi) is 4.70. The number of imidazole rings is 1. The maximum absolute atomic E-state index is 12.7. The van der Waals surface area contributed by atoms with Crippen LogP contribution in [-0.4, -0.2) is 29.2 Å². The third-order valence-corrected chi connectivity index (χ3v) is 3.75. The van der Waals surface area contributed by atoms with Crippen LogP contribution in [0.1, 0.15) is 17.4 Å². The molecule has 0 aliphatic heterocycles. The number of carbonyl (C=O) groups excluding carboxylic acids is 1. The predicted octanol–water partition coefficient (Wildman–Crippen LogP) is 3.02. The summed E-state index contributed by atoms with van der Waals surface area (Å²) in [6.45, 7) is 1.93. The number of para-hydroxylation sites is 2. The number of ether oxygens (including phenoxy) is 2. The smallest absolute Gasteiger partial charge is 0.357 e. The van der Waals surface area contributed by atoms with Crippen molar-refractivity contribution in [3.8, 4) is 22.7 Å². The second kappa shape index (κ2) is 7.09. The van der Waals surface area contributed by atoms with E-state index in [1.165, 1.54) is 11.7 Å². The first-order valence-corrected chi connectivity index (χ1v) is 7.88. The van der Waals surface area contributed by atoms with Crippen LogP contribution in [0.5, 0.6) is 5.75 Å². The van der Waals surface area contributed by atoms with Crippen molar-refractivity contribution in [2.75, 3.05) is 13.7 Å². The summed E-state index contributed by atoms with van der Waals surface area (Å²) in [5, 5.41) is 0. The van der Waals surface area contributed by atoms with Crippen LogP contribution >= 0.6 is 0 Å². The van der Waals surface area contributed by atoms with Crippen molar-refractivity contribution >= 4 is 5.97 Å². The van der Waals surface area contributed by atoms with E-state index in [1.54, 1.807) is 25.1 Å². The van der Waals surface area contributed by atoms with Gasteiger partial charge in [0, 0.05) is 5.56 Å². The minimum atomic E-state index is -0.577. The normalized spacial score (nSPS) is 10.5. The molecule has 1 aromatic heterocycles. The summed E-state index contributed by atoms with van der Waals surface area (Å²) in [6, 6.07) is 16.3. The number of rotatable bonds is 5. The highest BCUT2D eigenvalue weighted by atomic mass is 16.5. The standard InChI is InChI=1S/C19H18N2O4/c1-3-25-18(22)16-17(13-9-5-4-6-10-13)21(19(23)20-16)14-11-7-8-12-15(14)24-2/h4-12H,3H2,1-2H3,(H,20,23). The number of methoxy groups -OCH3 is 1. The number of nitrogens with one attached hydrogen (secondary N) is 1. The lowest BCUT2D eigenvalue weighted by Gasteiger charge is -2.12. The minimum absolute atomic E-state index is 0.115. The van der Waals surface area contributed by atoms with E-state index in [9.17, 15) is 9.59 Å². The largest absolute Gasteiger partial charge is 0.495 e. The van der Waals surface area contributed by atoms with E-state index in [0.29, 0.717) is 17.1 Å². The van der Waals surface area contributed by atoms with Crippen LogP contribution in [0, 0.1) is 0 Å². The summed E-state index contributed by atoms with van der Waals surface area (Å²) >= 11 is 0. The first kappa shape index (κ1) is 16.6. The highest BCUT2D eigenvalue weighted by Crippen LogP contribution is 2.29. The quantitative estimate of drug-likeness (QED) is 0.726. The van der Waals surface area contributed by atoms with Crippen molar-refractivity contribution < 1.29 is 14.3 Å². The van der Waals surface area contributed by atoms with E-state index in [4.69, 9.17) is 9.47 Å². The third kappa shape index (κ3) is 3.06. The maximum atomic E-state index is 12.7. The molecule has 0 saturated carbocycles. The van der Waals surface area contributed by atoms with Crippen LogP contribution in [0.4, 0.5) is 0 Å². The zero-order chi connectivity index (χ0) is 17.8. The molecule has 25 heavy (non-hydrogen) atoms. The molecule has 0 spiro atoms. The third-order valence-electron chi connectivity index (χ3n) is 3.75. The lowest BCUT2D eigenvalue weighted by molar-refractivity contribution is 0.0521. The van der Waals surface area contributed by atoms with Gasteiger partial charge in [0.25, 0.3) is 0 Å². The van der Waals surface area contributed by atoms with Gasteiger partial charge >= 0.3 is 11.7 Å². The van der Waals surface area contributed by atoms with Crippen molar-refractivity contribution in [1.82, 2.24) is 9.55 Å². The summed E-state index contributed by atoms with van der Waals surface area (Å²) in [5.74, 6) is -0.0525. The van der Waals surface area contributed by atoms with Crippen LogP contribution in [0.25, 0.3) is 16.9 Å². The maximum Gasteiger partial charge on any atom is 0.357 e. The lowest BCUT2D eigenvalue weighted by Crippen LogP contribution is -2.16. The fourth-order valence-corrected chi connectivity index (χ4v) is 2.70. The Bertz CT molecular complexity index is 942. The van der Waals surface area contributed by atoms with Crippen LogP contribution in [0.2, 0.25) is 0 Å². The summed E-state index contributed by atoms with van der Waals surface area (Å²) in [4.78, 5) is 27.6. The van der Waals surface area contributed by atoms with Gasteiger partial charge in [0.2, 0.25) is 0 Å². The highest BCUT2D eigenvalue weighted by Gasteiger charge is 2.24. The average Bonchev–Trinajstić information content (AvgIpc) is 2.99. The fraction of sp³-hybridized carbons (Fsp3) is 0.158. The molecule has 1 heterocycles. The van der Waals surface area contributed by atoms with Crippen molar-refractivity contribution in [3.05, 3.63) is 70.8 Å². The number of hydrogen-bond donors (Lipinski definition) is 1. The predicted molar refractivity (Wildman–Crippen MR) is 94.3 cm³/mol. The van der Waals surface area contributed by atoms with Crippen molar-refractivity contribution in [2.45, 2.75) is 6.92 Å². The second-order valence-electron chi connectivity index (χ2n) is 5.25. The molecule has 128 valence electrons. The Morgan fingerprint density at radius 2 is 1.76 bits per heavy atom. The van der Waals surface area contributed by atoms with Gasteiger partial charge in [-0.3, -0.25) is 9.55 Å². The summed E-state index contributed by atoms with van der Waals surface area (Å²) < 4.78 is 11.9. The fourth-order valence-electron chi connectivity index (χ4n) is 2.70. The van der Waals surface area contributed by atoms with E-state index in [1.807, 2.05) is 36.4 Å². The molecule has 0 amide bonds. The minimum Gasteiger partial charge on any atom is -0.495 e. The molecule has 0 aliphatic carbocycles. The van der Waals surface area contributed by atoms with E-state index >= 15 is 0 Å². The van der Waals surface area contributed by atoms with Gasteiger partial charge in [-0.2, -0.15) is 0 Å². The van der Waals surface area contributed by atoms with Gasteiger partial charge < -0.3 is 9.47 Å². The molecular weight excluding hydrogens is 320 g/mol. The van der Waals surface area contributed by atoms with Crippen molar-refractivity contribution in [2.24, 2.45) is 0 Å². The number of esters is 1. The first-order valence-electron chi connectivity index (χ1n) is 7.88. The van der Waals surface area contributed by atoms with Gasteiger partial charge in [-0.15, -0.1) is 0 Å². The molecule has 0 bridgehead atoms. The molecule has 1 N–H and O–H groups in total. The summed E-state index contributed by atoms with van der Waals surface area (Å²) in [7, 11) is 1.53. The average molecular weight is 338 g/mol. The topological polar surface area (TPSA) is 73.3 Å². The number of H-pyrrole nitrogens is 1. The Hall–Kier alpha value is -3.28. The zero-order valence-electron chi connectivity index (χ0n) is 14.0. The zero-order valence-corrected chi connectivity index (χ0v) is 14.0. The molecule has 3 aromatic rings. The molecule has 2 aromatic carbocycles. The Morgan fingerprint density at radius 3 is 2.44 bits per heavy atom. The van der Waals surface area contributed by atoms with E-state index in [-0.39, 0.29) is 12.3 Å². The highest BCUT2D eigenvalue weighted by molar-refractivity contribution is 5.95. The molecule has 0 saturated heterocycles. The van der Waals surface area contributed by atoms with Crippen LogP contribution in [-0.2, 0) is 4.74 Å². The van der Waals surface area contributed by atoms with Crippen LogP contribution in [0.3, 0.4) is 0 Å². The van der Waals surface area contributed by atoms with E-state index in [2.05, 4.69) is 4.98 Å². The van der Waals surface area contributed by atoms with Crippen molar-refractivity contribution in [1.29, 1.82) is 0 Å². The number of aromatic nitrogens is 2. The monoisotopic (exact) mass is 338 g/mol. The molecule has 6 heteroatoms. The number of aromatic amines is 1. The Labute approximate surface area is 144 Å². The number of nitrogens with zero attached hydrogens (tertiary/aromatic N) is 1. The Balaban J connectivity index is 2.32. The lowest BCUT2D eigenvalue weighted by atomic mass is 10.1. The van der Waals surface area contributed by atoms with Gasteiger partial charge in [-0.05, 0) is 19.1 Å². The SMILES string of the molecule is CCOC(=O)c1[nH]c(=O)n(-c2ccccc2OC)c1-c1ccccc1. The molecule has 0 radical (unpaired) electrons. The van der Waals surface area contributed by atoms with Gasteiger partial charge in [0.15, 0.2) is 5.69 Å². The number of benzene rings is 2. The van der Waals surface area contributed by atoms with E-state index < -0.39 is 11.7 Å². The number of hydrogen-bond acceptors (Lipinski definition) is 4.